The highest BCUT2D eigenvalue weighted by atomic mass is 16.3. The van der Waals surface area contributed by atoms with Crippen LogP contribution in [0.15, 0.2) is 29.1 Å². The van der Waals surface area contributed by atoms with E-state index in [1.807, 2.05) is 6.92 Å². The molecular formula is C15H14N6O4. The van der Waals surface area contributed by atoms with Crippen LogP contribution in [0.4, 0.5) is 5.69 Å². The van der Waals surface area contributed by atoms with Gasteiger partial charge in [0, 0.05) is 11.3 Å². The molecule has 0 aliphatic rings. The summed E-state index contributed by atoms with van der Waals surface area (Å²) in [6.45, 7) is 1.25. The molecule has 2 aromatic heterocycles. The third-order valence-corrected chi connectivity index (χ3v) is 3.46. The number of anilines is 1. The Kier molecular flexibility index (Phi) is 4.27. The SMILES string of the molecule is Cc1n[nH]nc1-c1ccc(NC(=O)c2c(O)nc(CO)[nH]c2=O)cc1. The van der Waals surface area contributed by atoms with E-state index in [1.54, 1.807) is 24.3 Å². The molecule has 1 amide bonds. The summed E-state index contributed by atoms with van der Waals surface area (Å²) in [6, 6.07) is 6.72. The molecule has 10 nitrogen and oxygen atoms in total. The van der Waals surface area contributed by atoms with Gasteiger partial charge in [0.25, 0.3) is 11.5 Å². The maximum absolute atomic E-state index is 12.2. The summed E-state index contributed by atoms with van der Waals surface area (Å²) >= 11 is 0. The summed E-state index contributed by atoms with van der Waals surface area (Å²) in [6.07, 6.45) is 0. The van der Waals surface area contributed by atoms with Gasteiger partial charge in [-0.2, -0.15) is 20.4 Å². The lowest BCUT2D eigenvalue weighted by molar-refractivity contribution is 0.102. The lowest BCUT2D eigenvalue weighted by Gasteiger charge is -2.07. The van der Waals surface area contributed by atoms with Crippen LogP contribution < -0.4 is 10.9 Å². The van der Waals surface area contributed by atoms with Crippen LogP contribution in [0.2, 0.25) is 0 Å². The Morgan fingerprint density at radius 1 is 1.24 bits per heavy atom. The van der Waals surface area contributed by atoms with Gasteiger partial charge in [0.2, 0.25) is 5.88 Å². The molecular weight excluding hydrogens is 328 g/mol. The van der Waals surface area contributed by atoms with Crippen molar-refractivity contribution in [1.82, 2.24) is 25.4 Å². The highest BCUT2D eigenvalue weighted by Gasteiger charge is 2.19. The molecule has 0 fully saturated rings. The molecule has 0 saturated heterocycles. The van der Waals surface area contributed by atoms with Crippen LogP contribution in [-0.2, 0) is 6.61 Å². The molecule has 5 N–H and O–H groups in total. The Labute approximate surface area is 140 Å². The summed E-state index contributed by atoms with van der Waals surface area (Å²) in [5.74, 6) is -1.70. The first-order chi connectivity index (χ1) is 12.0. The van der Waals surface area contributed by atoms with E-state index < -0.39 is 29.5 Å². The number of nitrogens with one attached hydrogen (secondary N) is 3. The van der Waals surface area contributed by atoms with Crippen LogP contribution in [0.5, 0.6) is 5.88 Å². The van der Waals surface area contributed by atoms with E-state index in [9.17, 15) is 14.7 Å². The molecule has 2 heterocycles. The largest absolute Gasteiger partial charge is 0.493 e. The number of H-pyrrole nitrogens is 2. The van der Waals surface area contributed by atoms with E-state index in [2.05, 4.69) is 30.7 Å². The van der Waals surface area contributed by atoms with Gasteiger partial charge in [-0.15, -0.1) is 0 Å². The van der Waals surface area contributed by atoms with Crippen LogP contribution in [0, 0.1) is 6.92 Å². The number of aliphatic hydroxyl groups excluding tert-OH is 1. The second-order valence-electron chi connectivity index (χ2n) is 5.16. The number of amides is 1. The Balaban J connectivity index is 1.82. The van der Waals surface area contributed by atoms with Gasteiger partial charge >= 0.3 is 0 Å². The standard InChI is InChI=1S/C15H14N6O4/c1-7-12(20-21-19-7)8-2-4-9(5-3-8)16-13(23)11-14(24)17-10(6-22)18-15(11)25/h2-5,22H,6H2,1H3,(H,16,23)(H,19,20,21)(H2,17,18,24,25). The maximum atomic E-state index is 12.2. The van der Waals surface area contributed by atoms with Gasteiger partial charge in [0.05, 0.1) is 5.69 Å². The summed E-state index contributed by atoms with van der Waals surface area (Å²) in [5, 5.41) is 31.6. The topological polar surface area (TPSA) is 157 Å². The minimum Gasteiger partial charge on any atom is -0.493 e. The molecule has 1 aromatic carbocycles. The first kappa shape index (κ1) is 16.3. The van der Waals surface area contributed by atoms with Gasteiger partial charge in [-0.05, 0) is 19.1 Å². The number of carbonyl (C=O) groups is 1. The van der Waals surface area contributed by atoms with Crippen LogP contribution in [0.3, 0.4) is 0 Å². The number of hydrogen-bond acceptors (Lipinski definition) is 7. The predicted molar refractivity (Wildman–Crippen MR) is 87.0 cm³/mol. The van der Waals surface area contributed by atoms with Gasteiger partial charge in [-0.3, -0.25) is 9.59 Å². The van der Waals surface area contributed by atoms with Crippen molar-refractivity contribution in [2.45, 2.75) is 13.5 Å². The molecule has 3 aromatic rings. The lowest BCUT2D eigenvalue weighted by atomic mass is 10.1. The Morgan fingerprint density at radius 3 is 2.52 bits per heavy atom. The van der Waals surface area contributed by atoms with Gasteiger partial charge in [0.1, 0.15) is 18.1 Å². The number of benzene rings is 1. The zero-order valence-electron chi connectivity index (χ0n) is 13.1. The van der Waals surface area contributed by atoms with Crippen molar-refractivity contribution in [3.05, 3.63) is 51.7 Å². The number of aryl methyl sites for hydroxylation is 1. The molecule has 128 valence electrons. The van der Waals surface area contributed by atoms with E-state index in [0.717, 1.165) is 11.3 Å². The van der Waals surface area contributed by atoms with Crippen molar-refractivity contribution in [2.24, 2.45) is 0 Å². The van der Waals surface area contributed by atoms with Crippen LogP contribution in [0.1, 0.15) is 21.9 Å². The smallest absolute Gasteiger partial charge is 0.267 e. The number of aromatic amines is 2. The van der Waals surface area contributed by atoms with Gasteiger partial charge in [0.15, 0.2) is 5.56 Å². The monoisotopic (exact) mass is 342 g/mol. The van der Waals surface area contributed by atoms with E-state index in [4.69, 9.17) is 5.11 Å². The van der Waals surface area contributed by atoms with Crippen molar-refractivity contribution in [1.29, 1.82) is 0 Å². The molecule has 0 saturated carbocycles. The predicted octanol–water partition coefficient (Wildman–Crippen LogP) is 0.314. The van der Waals surface area contributed by atoms with Crippen molar-refractivity contribution in [3.8, 4) is 17.1 Å². The molecule has 3 rings (SSSR count). The molecule has 0 spiro atoms. The van der Waals surface area contributed by atoms with E-state index >= 15 is 0 Å². The highest BCUT2D eigenvalue weighted by molar-refractivity contribution is 6.05. The number of aromatic hydroxyl groups is 1. The zero-order chi connectivity index (χ0) is 18.0. The fourth-order valence-corrected chi connectivity index (χ4v) is 2.25. The zero-order valence-corrected chi connectivity index (χ0v) is 13.1. The molecule has 0 bridgehead atoms. The van der Waals surface area contributed by atoms with Crippen LogP contribution in [0.25, 0.3) is 11.3 Å². The molecule has 0 radical (unpaired) electrons. The van der Waals surface area contributed by atoms with Gasteiger partial charge in [-0.1, -0.05) is 12.1 Å². The molecule has 0 aliphatic carbocycles. The fourth-order valence-electron chi connectivity index (χ4n) is 2.25. The van der Waals surface area contributed by atoms with Crippen molar-refractivity contribution >= 4 is 11.6 Å². The number of rotatable bonds is 4. The average molecular weight is 342 g/mol. The second-order valence-corrected chi connectivity index (χ2v) is 5.16. The Bertz CT molecular complexity index is 976. The normalized spacial score (nSPS) is 10.6. The summed E-state index contributed by atoms with van der Waals surface area (Å²) in [4.78, 5) is 29.8. The van der Waals surface area contributed by atoms with Crippen molar-refractivity contribution < 1.29 is 15.0 Å². The average Bonchev–Trinajstić information content (AvgIpc) is 3.01. The summed E-state index contributed by atoms with van der Waals surface area (Å²) in [7, 11) is 0. The highest BCUT2D eigenvalue weighted by Crippen LogP contribution is 2.21. The first-order valence-electron chi connectivity index (χ1n) is 7.21. The van der Waals surface area contributed by atoms with E-state index in [1.165, 1.54) is 0 Å². The van der Waals surface area contributed by atoms with Gasteiger partial charge in [-0.25, -0.2) is 0 Å². The minimum atomic E-state index is -0.844. The molecule has 10 heteroatoms. The van der Waals surface area contributed by atoms with E-state index in [-0.39, 0.29) is 5.82 Å². The lowest BCUT2D eigenvalue weighted by Crippen LogP contribution is -2.25. The third kappa shape index (κ3) is 3.23. The fraction of sp³-hybridized carbons (Fsp3) is 0.133. The number of nitrogens with zero attached hydrogens (tertiary/aromatic N) is 3. The number of aromatic nitrogens is 5. The number of carbonyl (C=O) groups excluding carboxylic acids is 1. The molecule has 25 heavy (non-hydrogen) atoms. The summed E-state index contributed by atoms with van der Waals surface area (Å²) < 4.78 is 0. The molecule has 0 unspecified atom stereocenters. The van der Waals surface area contributed by atoms with Crippen molar-refractivity contribution in [2.75, 3.05) is 5.32 Å². The number of aliphatic hydroxyl groups is 1. The van der Waals surface area contributed by atoms with Crippen molar-refractivity contribution in [3.63, 3.8) is 0 Å². The van der Waals surface area contributed by atoms with Crippen LogP contribution in [-0.4, -0.2) is 41.5 Å². The quantitative estimate of drug-likeness (QED) is 0.456. The summed E-state index contributed by atoms with van der Waals surface area (Å²) in [5.41, 5.74) is 1.27. The Hall–Kier alpha value is -3.53. The Morgan fingerprint density at radius 2 is 1.96 bits per heavy atom. The molecule has 0 atom stereocenters. The second kappa shape index (κ2) is 6.53. The maximum Gasteiger partial charge on any atom is 0.267 e. The number of hydrogen-bond donors (Lipinski definition) is 5. The van der Waals surface area contributed by atoms with E-state index in [0.29, 0.717) is 11.4 Å². The van der Waals surface area contributed by atoms with Gasteiger partial charge < -0.3 is 20.5 Å². The minimum absolute atomic E-state index is 0.133. The molecule has 0 aliphatic heterocycles. The first-order valence-corrected chi connectivity index (χ1v) is 7.21. The third-order valence-electron chi connectivity index (χ3n) is 3.46. The van der Waals surface area contributed by atoms with Crippen LogP contribution >= 0.6 is 0 Å².